The van der Waals surface area contributed by atoms with Crippen LogP contribution >= 0.6 is 58.0 Å². The van der Waals surface area contributed by atoms with Gasteiger partial charge in [-0.2, -0.15) is 20.5 Å². The molecule has 4 amide bonds. The second-order valence-electron chi connectivity index (χ2n) is 14.8. The van der Waals surface area contributed by atoms with Gasteiger partial charge in [0.2, 0.25) is 12.1 Å². The molecule has 0 aliphatic carbocycles. The van der Waals surface area contributed by atoms with Crippen LogP contribution in [0.1, 0.15) is 51.3 Å². The minimum absolute atomic E-state index is 0.0858. The fraction of sp³-hybridized carbons (Fsp3) is 0.234. The Bertz CT molecular complexity index is 2790. The number of anilines is 4. The molecular weight excluding hydrogens is 982 g/mol. The first-order valence-electron chi connectivity index (χ1n) is 20.4. The summed E-state index contributed by atoms with van der Waals surface area (Å²) in [5.41, 5.74) is 3.72. The Morgan fingerprint density at radius 2 is 1.00 bits per heavy atom. The normalized spacial score (nSPS) is 12.0. The minimum atomic E-state index is -1.62. The van der Waals surface area contributed by atoms with Crippen molar-refractivity contribution in [3.8, 4) is 11.5 Å². The van der Waals surface area contributed by atoms with Crippen molar-refractivity contribution in [2.45, 2.75) is 44.7 Å². The molecule has 0 fully saturated rings. The molecule has 0 radical (unpaired) electrons. The lowest BCUT2D eigenvalue weighted by molar-refractivity contribution is -0.127. The fourth-order valence-electron chi connectivity index (χ4n) is 6.34. The average molecular weight is 1030 g/mol. The SMILES string of the molecule is COc1cc(CCCl)cc(NC(=O)c2cc(Cl)cc(N=NC(C(C)=O)C(=O)Nc3ccc(NC(=O)C(N=Nc4cc(Cl)cc(C(=O)Nc5cc(CCCl)cc(OC)c5)c4)C(C)=O)c(CCl)c3)c2)c1. The molecule has 2 atom stereocenters. The van der Waals surface area contributed by atoms with Crippen LogP contribution in [0.3, 0.4) is 0 Å². The van der Waals surface area contributed by atoms with Crippen LogP contribution in [0.4, 0.5) is 34.1 Å². The second kappa shape index (κ2) is 25.1. The summed E-state index contributed by atoms with van der Waals surface area (Å²) in [6, 6.07) is 19.9. The smallest absolute Gasteiger partial charge is 0.258 e. The number of carbonyl (C=O) groups excluding carboxylic acids is 6. The van der Waals surface area contributed by atoms with Gasteiger partial charge in [-0.15, -0.1) is 34.8 Å². The summed E-state index contributed by atoms with van der Waals surface area (Å²) in [5, 5.41) is 27.1. The molecule has 21 heteroatoms. The van der Waals surface area contributed by atoms with Gasteiger partial charge in [0, 0.05) is 73.7 Å². The standard InChI is InChI=1S/C47H43Cl5N8O8/c1-25(61)42(59-57-37-17-29(15-32(51)20-37)44(63)54-35-11-27(7-9-48)13-39(22-35)67-3)46(65)53-34-5-6-41(31(19-34)24-50)56-47(66)43(26(2)62)60-58-38-18-30(16-33(52)21-38)45(64)55-36-12-28(8-10-49)14-40(23-36)68-4/h5-6,11-23,42-43H,7-10,24H2,1-4H3,(H,53,65)(H,54,63)(H,55,64)(H,56,66). The molecule has 0 saturated heterocycles. The van der Waals surface area contributed by atoms with Gasteiger partial charge in [0.15, 0.2) is 11.6 Å². The average Bonchev–Trinajstić information content (AvgIpc) is 3.29. The van der Waals surface area contributed by atoms with Gasteiger partial charge in [0.25, 0.3) is 23.6 Å². The highest BCUT2D eigenvalue weighted by Gasteiger charge is 2.26. The van der Waals surface area contributed by atoms with Gasteiger partial charge in [-0.1, -0.05) is 23.2 Å². The van der Waals surface area contributed by atoms with Crippen molar-refractivity contribution in [3.63, 3.8) is 0 Å². The van der Waals surface area contributed by atoms with Crippen molar-refractivity contribution < 1.29 is 38.2 Å². The number of nitrogens with one attached hydrogen (secondary N) is 4. The number of hydrogen-bond donors (Lipinski definition) is 4. The summed E-state index contributed by atoms with van der Waals surface area (Å²) >= 11 is 30.7. The van der Waals surface area contributed by atoms with Crippen molar-refractivity contribution in [1.29, 1.82) is 0 Å². The number of Topliss-reactive ketones (excluding diaryl/α,β-unsaturated/α-hetero) is 2. The van der Waals surface area contributed by atoms with E-state index in [1.807, 2.05) is 12.1 Å². The Kier molecular flexibility index (Phi) is 19.4. The molecule has 0 spiro atoms. The van der Waals surface area contributed by atoms with Gasteiger partial charge in [-0.25, -0.2) is 0 Å². The number of ketones is 2. The Morgan fingerprint density at radius 1 is 0.544 bits per heavy atom. The first kappa shape index (κ1) is 52.5. The molecule has 16 nitrogen and oxygen atoms in total. The van der Waals surface area contributed by atoms with Crippen molar-refractivity contribution in [3.05, 3.63) is 129 Å². The summed E-state index contributed by atoms with van der Waals surface area (Å²) in [6.45, 7) is 2.31. The first-order chi connectivity index (χ1) is 32.5. The zero-order chi connectivity index (χ0) is 49.5. The minimum Gasteiger partial charge on any atom is -0.497 e. The number of methoxy groups -OCH3 is 2. The predicted molar refractivity (Wildman–Crippen MR) is 265 cm³/mol. The summed E-state index contributed by atoms with van der Waals surface area (Å²) in [7, 11) is 3.01. The van der Waals surface area contributed by atoms with E-state index >= 15 is 0 Å². The Balaban J connectivity index is 1.26. The molecule has 0 saturated carbocycles. The summed E-state index contributed by atoms with van der Waals surface area (Å²) in [4.78, 5) is 78.6. The number of carbonyl (C=O) groups is 6. The molecule has 4 N–H and O–H groups in total. The highest BCUT2D eigenvalue weighted by Crippen LogP contribution is 2.29. The van der Waals surface area contributed by atoms with Crippen LogP contribution in [0, 0.1) is 0 Å². The molecule has 5 aromatic carbocycles. The molecule has 0 bridgehead atoms. The van der Waals surface area contributed by atoms with E-state index in [-0.39, 0.29) is 49.8 Å². The van der Waals surface area contributed by atoms with E-state index in [9.17, 15) is 28.8 Å². The van der Waals surface area contributed by atoms with Crippen LogP contribution in [0.5, 0.6) is 11.5 Å². The van der Waals surface area contributed by atoms with Gasteiger partial charge >= 0.3 is 0 Å². The van der Waals surface area contributed by atoms with Crippen LogP contribution in [0.2, 0.25) is 10.0 Å². The van der Waals surface area contributed by atoms with Gasteiger partial charge in [0.1, 0.15) is 11.5 Å². The lowest BCUT2D eigenvalue weighted by atomic mass is 10.1. The molecular formula is C47H43Cl5N8O8. The van der Waals surface area contributed by atoms with E-state index in [1.54, 1.807) is 24.3 Å². The molecule has 0 aliphatic heterocycles. The molecule has 68 heavy (non-hydrogen) atoms. The van der Waals surface area contributed by atoms with Crippen LogP contribution in [0.25, 0.3) is 0 Å². The van der Waals surface area contributed by atoms with E-state index in [0.29, 0.717) is 53.0 Å². The summed E-state index contributed by atoms with van der Waals surface area (Å²) < 4.78 is 10.7. The number of alkyl halides is 3. The van der Waals surface area contributed by atoms with E-state index in [2.05, 4.69) is 41.7 Å². The first-order valence-corrected chi connectivity index (χ1v) is 22.7. The Hall–Kier alpha value is -6.43. The lowest BCUT2D eigenvalue weighted by Gasteiger charge is -2.15. The summed E-state index contributed by atoms with van der Waals surface area (Å²) in [6.07, 6.45) is 1.10. The molecule has 5 rings (SSSR count). The highest BCUT2D eigenvalue weighted by molar-refractivity contribution is 6.32. The number of rotatable bonds is 21. The zero-order valence-corrected chi connectivity index (χ0v) is 40.6. The molecule has 5 aromatic rings. The van der Waals surface area contributed by atoms with E-state index in [0.717, 1.165) is 25.0 Å². The highest BCUT2D eigenvalue weighted by atomic mass is 35.5. The quantitative estimate of drug-likeness (QED) is 0.0314. The van der Waals surface area contributed by atoms with E-state index in [4.69, 9.17) is 67.5 Å². The van der Waals surface area contributed by atoms with Gasteiger partial charge < -0.3 is 30.7 Å². The van der Waals surface area contributed by atoms with Crippen molar-refractivity contribution >= 4 is 127 Å². The second-order valence-corrected chi connectivity index (χ2v) is 16.7. The number of halogens is 5. The lowest BCUT2D eigenvalue weighted by Crippen LogP contribution is -2.32. The number of aryl methyl sites for hydroxylation is 2. The maximum absolute atomic E-state index is 13.4. The van der Waals surface area contributed by atoms with Gasteiger partial charge in [-0.3, -0.25) is 28.8 Å². The number of ether oxygens (including phenoxy) is 2. The maximum Gasteiger partial charge on any atom is 0.258 e. The van der Waals surface area contributed by atoms with Crippen molar-refractivity contribution in [2.75, 3.05) is 47.2 Å². The number of amides is 4. The van der Waals surface area contributed by atoms with Crippen LogP contribution < -0.4 is 30.7 Å². The largest absolute Gasteiger partial charge is 0.497 e. The van der Waals surface area contributed by atoms with Gasteiger partial charge in [0.05, 0.1) is 25.6 Å². The third kappa shape index (κ3) is 15.0. The third-order valence-electron chi connectivity index (χ3n) is 9.59. The molecule has 0 heterocycles. The number of hydrogen-bond acceptors (Lipinski definition) is 12. The third-order valence-corrected chi connectivity index (χ3v) is 10.7. The number of azo groups is 2. The van der Waals surface area contributed by atoms with Gasteiger partial charge in [-0.05, 0) is 122 Å². The topological polar surface area (TPSA) is 218 Å². The monoisotopic (exact) mass is 1020 g/mol. The molecule has 0 aliphatic rings. The van der Waals surface area contributed by atoms with Crippen molar-refractivity contribution in [2.24, 2.45) is 20.5 Å². The van der Waals surface area contributed by atoms with Crippen LogP contribution in [-0.2, 0) is 37.9 Å². The fourth-order valence-corrected chi connectivity index (χ4v) is 7.46. The summed E-state index contributed by atoms with van der Waals surface area (Å²) in [5.74, 6) is -2.42. The maximum atomic E-state index is 13.4. The molecule has 2 unspecified atom stereocenters. The zero-order valence-electron chi connectivity index (χ0n) is 36.8. The Morgan fingerprint density at radius 3 is 1.41 bits per heavy atom. The predicted octanol–water partition coefficient (Wildman–Crippen LogP) is 11.2. The number of nitrogens with zero attached hydrogens (tertiary/aromatic N) is 4. The molecule has 354 valence electrons. The van der Waals surface area contributed by atoms with E-state index < -0.39 is 47.3 Å². The van der Waals surface area contributed by atoms with E-state index in [1.165, 1.54) is 68.8 Å². The van der Waals surface area contributed by atoms with Crippen LogP contribution in [-0.4, -0.2) is 73.3 Å². The van der Waals surface area contributed by atoms with Crippen LogP contribution in [0.15, 0.2) is 111 Å². The van der Waals surface area contributed by atoms with Crippen molar-refractivity contribution in [1.82, 2.24) is 0 Å². The Labute approximate surface area is 416 Å². The number of benzene rings is 5. The molecule has 0 aromatic heterocycles.